The number of aromatic nitrogens is 2. The molecule has 0 saturated carbocycles. The van der Waals surface area contributed by atoms with Crippen LogP contribution < -0.4 is 5.32 Å². The van der Waals surface area contributed by atoms with Crippen LogP contribution in [0.2, 0.25) is 5.02 Å². The van der Waals surface area contributed by atoms with Crippen molar-refractivity contribution in [2.24, 2.45) is 0 Å². The van der Waals surface area contributed by atoms with Crippen molar-refractivity contribution < 1.29 is 14.7 Å². The average molecular weight is 542 g/mol. The van der Waals surface area contributed by atoms with E-state index in [1.165, 1.54) is 16.9 Å². The van der Waals surface area contributed by atoms with Gasteiger partial charge >= 0.3 is 5.97 Å². The van der Waals surface area contributed by atoms with Crippen LogP contribution in [0.4, 0.5) is 5.69 Å². The number of carboxylic acid groups (broad SMARTS) is 1. The Labute approximate surface area is 224 Å². The maximum Gasteiger partial charge on any atom is 0.339 e. The molecular weight excluding hydrogens is 517 g/mol. The molecule has 0 saturated heterocycles. The van der Waals surface area contributed by atoms with Crippen molar-refractivity contribution in [1.29, 1.82) is 0 Å². The van der Waals surface area contributed by atoms with E-state index in [-0.39, 0.29) is 17.1 Å². The second-order valence-electron chi connectivity index (χ2n) is 7.25. The number of aromatic carboxylic acids is 1. The molecule has 0 bridgehead atoms. The van der Waals surface area contributed by atoms with E-state index in [0.29, 0.717) is 21.2 Å². The Hall–Kier alpha value is -3.65. The van der Waals surface area contributed by atoms with Crippen LogP contribution in [0.15, 0.2) is 78.7 Å². The lowest BCUT2D eigenvalue weighted by Crippen LogP contribution is -2.15. The molecule has 1 amide bonds. The molecule has 0 radical (unpaired) electrons. The quantitative estimate of drug-likeness (QED) is 0.283. The first-order valence-corrected chi connectivity index (χ1v) is 12.2. The van der Waals surface area contributed by atoms with E-state index in [0.717, 1.165) is 17.7 Å². The summed E-state index contributed by atoms with van der Waals surface area (Å²) >= 11 is 11.9. The number of allylic oxidation sites excluding steroid dienone is 4. The number of aromatic amines is 1. The van der Waals surface area contributed by atoms with E-state index in [4.69, 9.17) is 23.2 Å². The van der Waals surface area contributed by atoms with Crippen molar-refractivity contribution in [3.05, 3.63) is 107 Å². The minimum absolute atomic E-state index is 0.0357. The normalized spacial score (nSPS) is 11.0. The van der Waals surface area contributed by atoms with E-state index >= 15 is 0 Å². The monoisotopic (exact) mass is 541 g/mol. The van der Waals surface area contributed by atoms with E-state index in [1.807, 2.05) is 31.2 Å². The first kappa shape index (κ1) is 28.6. The standard InChI is InChI=1S/C20H14ClN3O3S.C5H8.C2H3Cl/c21-12-8-6-11(7-9-12)17-16(20(26)27)15(10-28-17)24-19(25)18-22-13-4-2-1-3-5-14(13)23-18;1-4-5(2)3;1-2-3/h2-10H,1H2,(H,22,23)(H,24,25)(H,26,27);4H,1-2H2,3H3;2H,1H2. The first-order chi connectivity index (χ1) is 17.2. The zero-order valence-corrected chi connectivity index (χ0v) is 21.9. The van der Waals surface area contributed by atoms with Crippen molar-refractivity contribution in [1.82, 2.24) is 9.97 Å². The molecule has 2 aromatic heterocycles. The molecule has 0 fully saturated rings. The Kier molecular flexibility index (Phi) is 11.1. The smallest absolute Gasteiger partial charge is 0.339 e. The number of imidazole rings is 1. The summed E-state index contributed by atoms with van der Waals surface area (Å²) in [6.45, 7) is 12.1. The van der Waals surface area contributed by atoms with Crippen molar-refractivity contribution >= 4 is 64.3 Å². The van der Waals surface area contributed by atoms with Gasteiger partial charge in [-0.2, -0.15) is 0 Å². The van der Waals surface area contributed by atoms with Gasteiger partial charge in [-0.1, -0.05) is 78.9 Å². The number of carbonyl (C=O) groups is 2. The Bertz CT molecular complexity index is 1290. The highest BCUT2D eigenvalue weighted by Gasteiger charge is 2.23. The number of amides is 1. The Morgan fingerprint density at radius 2 is 1.81 bits per heavy atom. The van der Waals surface area contributed by atoms with Crippen LogP contribution in [0.1, 0.15) is 45.7 Å². The van der Waals surface area contributed by atoms with Crippen molar-refractivity contribution in [3.63, 3.8) is 0 Å². The average Bonchev–Trinajstić information content (AvgIpc) is 3.38. The fourth-order valence-electron chi connectivity index (χ4n) is 2.86. The first-order valence-electron chi connectivity index (χ1n) is 10.6. The minimum Gasteiger partial charge on any atom is -0.478 e. The molecule has 1 aliphatic rings. The molecule has 3 aromatic rings. The van der Waals surface area contributed by atoms with Crippen LogP contribution in [0.5, 0.6) is 0 Å². The van der Waals surface area contributed by atoms with Gasteiger partial charge in [0.2, 0.25) is 0 Å². The summed E-state index contributed by atoms with van der Waals surface area (Å²) in [5.41, 5.74) is 4.63. The largest absolute Gasteiger partial charge is 0.478 e. The molecule has 9 heteroatoms. The third-order valence-corrected chi connectivity index (χ3v) is 5.80. The SMILES string of the molecule is C=CC(=C)C.C=CCl.O=C(Nc1csc(-c2ccc(Cl)cc2)c1C(=O)O)c1nc2c([nH]1)C=CCC=C2. The van der Waals surface area contributed by atoms with Crippen LogP contribution >= 0.6 is 34.5 Å². The van der Waals surface area contributed by atoms with Gasteiger partial charge in [0.25, 0.3) is 5.91 Å². The second-order valence-corrected chi connectivity index (χ2v) is 8.87. The number of carbonyl (C=O) groups excluding carboxylic acids is 1. The summed E-state index contributed by atoms with van der Waals surface area (Å²) in [5.74, 6) is -1.50. The van der Waals surface area contributed by atoms with E-state index in [2.05, 4.69) is 35.0 Å². The number of halogens is 2. The number of nitrogens with zero attached hydrogens (tertiary/aromatic N) is 1. The number of H-pyrrole nitrogens is 1. The predicted molar refractivity (Wildman–Crippen MR) is 152 cm³/mol. The zero-order valence-electron chi connectivity index (χ0n) is 19.6. The molecule has 1 aromatic carbocycles. The van der Waals surface area contributed by atoms with Gasteiger partial charge < -0.3 is 15.4 Å². The number of anilines is 1. The molecule has 6 nitrogen and oxygen atoms in total. The topological polar surface area (TPSA) is 95.1 Å². The van der Waals surface area contributed by atoms with Crippen LogP contribution in [0, 0.1) is 0 Å². The van der Waals surface area contributed by atoms with E-state index in [9.17, 15) is 14.7 Å². The predicted octanol–water partition coefficient (Wildman–Crippen LogP) is 8.29. The van der Waals surface area contributed by atoms with Crippen LogP contribution in [-0.4, -0.2) is 27.0 Å². The number of benzene rings is 1. The lowest BCUT2D eigenvalue weighted by atomic mass is 10.1. The van der Waals surface area contributed by atoms with Gasteiger partial charge in [-0.3, -0.25) is 4.79 Å². The lowest BCUT2D eigenvalue weighted by molar-refractivity contribution is 0.0699. The van der Waals surface area contributed by atoms with Crippen LogP contribution in [-0.2, 0) is 0 Å². The second kappa shape index (κ2) is 14.0. The molecule has 36 heavy (non-hydrogen) atoms. The number of thiophene rings is 1. The molecule has 0 aliphatic heterocycles. The van der Waals surface area contributed by atoms with Gasteiger partial charge in [0.05, 0.1) is 22.0 Å². The third kappa shape index (κ3) is 7.95. The number of fused-ring (bicyclic) bond motifs is 1. The highest BCUT2D eigenvalue weighted by Crippen LogP contribution is 2.36. The Morgan fingerprint density at radius 3 is 2.39 bits per heavy atom. The zero-order chi connectivity index (χ0) is 26.7. The molecule has 0 unspecified atom stereocenters. The number of carboxylic acids is 1. The minimum atomic E-state index is -1.12. The summed E-state index contributed by atoms with van der Waals surface area (Å²) < 4.78 is 0. The van der Waals surface area contributed by atoms with Gasteiger partial charge in [-0.15, -0.1) is 11.3 Å². The molecule has 3 N–H and O–H groups in total. The van der Waals surface area contributed by atoms with Crippen molar-refractivity contribution in [2.75, 3.05) is 5.32 Å². The van der Waals surface area contributed by atoms with Crippen molar-refractivity contribution in [3.8, 4) is 10.4 Å². The summed E-state index contributed by atoms with van der Waals surface area (Å²) in [6.07, 6.45) is 10.1. The number of hydrogen-bond donors (Lipinski definition) is 3. The number of rotatable bonds is 5. The Balaban J connectivity index is 0.000000501. The molecule has 4 rings (SSSR count). The van der Waals surface area contributed by atoms with Gasteiger partial charge in [-0.05, 0) is 48.7 Å². The van der Waals surface area contributed by atoms with E-state index < -0.39 is 11.9 Å². The van der Waals surface area contributed by atoms with Gasteiger partial charge in [0.1, 0.15) is 5.56 Å². The maximum absolute atomic E-state index is 12.6. The van der Waals surface area contributed by atoms with Gasteiger partial charge in [0.15, 0.2) is 5.82 Å². The Morgan fingerprint density at radius 1 is 1.19 bits per heavy atom. The van der Waals surface area contributed by atoms with Crippen LogP contribution in [0.25, 0.3) is 22.6 Å². The third-order valence-electron chi connectivity index (χ3n) is 4.52. The molecule has 186 valence electrons. The highest BCUT2D eigenvalue weighted by molar-refractivity contribution is 7.14. The lowest BCUT2D eigenvalue weighted by Gasteiger charge is -2.05. The maximum atomic E-state index is 12.6. The van der Waals surface area contributed by atoms with Gasteiger partial charge in [-0.25, -0.2) is 9.78 Å². The summed E-state index contributed by atoms with van der Waals surface area (Å²) in [6, 6.07) is 6.87. The van der Waals surface area contributed by atoms with E-state index in [1.54, 1.807) is 35.7 Å². The number of hydrogen-bond acceptors (Lipinski definition) is 4. The van der Waals surface area contributed by atoms with Gasteiger partial charge in [0, 0.05) is 10.4 Å². The molecular formula is C27H25Cl2N3O3S. The summed E-state index contributed by atoms with van der Waals surface area (Å²) in [4.78, 5) is 32.3. The van der Waals surface area contributed by atoms with Crippen LogP contribution in [0.3, 0.4) is 0 Å². The fraction of sp³-hybridized carbons (Fsp3) is 0.0741. The molecule has 1 aliphatic carbocycles. The fourth-order valence-corrected chi connectivity index (χ4v) is 3.99. The molecule has 2 heterocycles. The number of nitrogens with one attached hydrogen (secondary N) is 2. The summed E-state index contributed by atoms with van der Waals surface area (Å²) in [7, 11) is 0. The van der Waals surface area contributed by atoms with Crippen molar-refractivity contribution in [2.45, 2.75) is 13.3 Å². The highest BCUT2D eigenvalue weighted by atomic mass is 35.5. The molecule has 0 atom stereocenters. The molecule has 0 spiro atoms. The summed E-state index contributed by atoms with van der Waals surface area (Å²) in [5, 5.41) is 14.5.